The second-order valence-corrected chi connectivity index (χ2v) is 8.60. The van der Waals surface area contributed by atoms with Crippen molar-refractivity contribution in [2.75, 3.05) is 32.1 Å². The third-order valence-corrected chi connectivity index (χ3v) is 6.31. The van der Waals surface area contributed by atoms with E-state index in [1.165, 1.54) is 27.1 Å². The SMILES string of the molecule is Cc1ccc(SCCC(=O)NCc2ccccc2C[NH+]2CCOCC2)cc1C. The average Bonchev–Trinajstić information content (AvgIpc) is 2.71. The maximum Gasteiger partial charge on any atom is 0.221 e. The van der Waals surface area contributed by atoms with Gasteiger partial charge in [0, 0.05) is 29.2 Å². The van der Waals surface area contributed by atoms with E-state index in [2.05, 4.69) is 61.6 Å². The number of quaternary nitrogens is 1. The molecule has 0 aromatic heterocycles. The fraction of sp³-hybridized carbons (Fsp3) is 0.435. The molecule has 1 aliphatic heterocycles. The van der Waals surface area contributed by atoms with Gasteiger partial charge in [0.25, 0.3) is 0 Å². The van der Waals surface area contributed by atoms with Crippen LogP contribution in [0.2, 0.25) is 0 Å². The molecule has 0 bridgehead atoms. The highest BCUT2D eigenvalue weighted by molar-refractivity contribution is 7.99. The smallest absolute Gasteiger partial charge is 0.221 e. The van der Waals surface area contributed by atoms with E-state index in [1.54, 1.807) is 16.7 Å². The number of amides is 1. The largest absolute Gasteiger partial charge is 0.370 e. The first kappa shape index (κ1) is 20.9. The molecule has 0 aliphatic carbocycles. The molecule has 28 heavy (non-hydrogen) atoms. The lowest BCUT2D eigenvalue weighted by Gasteiger charge is -2.24. The molecule has 2 N–H and O–H groups in total. The van der Waals surface area contributed by atoms with Crippen molar-refractivity contribution in [2.24, 2.45) is 0 Å². The molecule has 1 amide bonds. The van der Waals surface area contributed by atoms with Gasteiger partial charge in [-0.2, -0.15) is 0 Å². The lowest BCUT2D eigenvalue weighted by molar-refractivity contribution is -0.921. The summed E-state index contributed by atoms with van der Waals surface area (Å²) in [5.74, 6) is 0.915. The molecular formula is C23H31N2O2S+. The highest BCUT2D eigenvalue weighted by atomic mass is 32.2. The second-order valence-electron chi connectivity index (χ2n) is 7.43. The highest BCUT2D eigenvalue weighted by Gasteiger charge is 2.16. The number of carbonyl (C=O) groups is 1. The van der Waals surface area contributed by atoms with Crippen molar-refractivity contribution in [2.45, 2.75) is 38.3 Å². The van der Waals surface area contributed by atoms with Gasteiger partial charge in [-0.1, -0.05) is 30.3 Å². The number of rotatable bonds is 8. The summed E-state index contributed by atoms with van der Waals surface area (Å²) >= 11 is 1.74. The maximum absolute atomic E-state index is 12.3. The fourth-order valence-corrected chi connectivity index (χ4v) is 4.30. The molecule has 4 nitrogen and oxygen atoms in total. The summed E-state index contributed by atoms with van der Waals surface area (Å²) in [4.78, 5) is 15.1. The quantitative estimate of drug-likeness (QED) is 0.671. The molecule has 0 spiro atoms. The molecule has 1 fully saturated rings. The standard InChI is InChI=1S/C23H30N2O2S/c1-18-7-8-22(15-19(18)2)28-14-9-23(26)24-16-20-5-3-4-6-21(20)17-25-10-12-27-13-11-25/h3-8,15H,9-14,16-17H2,1-2H3,(H,24,26)/p+1. The van der Waals surface area contributed by atoms with Crippen LogP contribution < -0.4 is 10.2 Å². The van der Waals surface area contributed by atoms with Crippen LogP contribution >= 0.6 is 11.8 Å². The number of nitrogens with one attached hydrogen (secondary N) is 2. The van der Waals surface area contributed by atoms with Crippen LogP contribution in [-0.2, 0) is 22.6 Å². The minimum absolute atomic E-state index is 0.116. The molecular weight excluding hydrogens is 368 g/mol. The van der Waals surface area contributed by atoms with Gasteiger partial charge in [-0.3, -0.25) is 4.79 Å². The van der Waals surface area contributed by atoms with Crippen molar-refractivity contribution in [1.29, 1.82) is 0 Å². The predicted octanol–water partition coefficient (Wildman–Crippen LogP) is 2.52. The summed E-state index contributed by atoms with van der Waals surface area (Å²) in [6.45, 7) is 9.63. The Morgan fingerprint density at radius 1 is 1.07 bits per heavy atom. The first-order valence-electron chi connectivity index (χ1n) is 10.1. The molecule has 5 heteroatoms. The number of aryl methyl sites for hydroxylation is 2. The van der Waals surface area contributed by atoms with Gasteiger partial charge in [-0.05, 0) is 42.7 Å². The summed E-state index contributed by atoms with van der Waals surface area (Å²) in [7, 11) is 0. The summed E-state index contributed by atoms with van der Waals surface area (Å²) in [6, 6.07) is 14.9. The van der Waals surface area contributed by atoms with E-state index in [4.69, 9.17) is 4.74 Å². The Balaban J connectivity index is 1.44. The zero-order valence-corrected chi connectivity index (χ0v) is 17.7. The molecule has 2 aromatic carbocycles. The third kappa shape index (κ3) is 6.36. The van der Waals surface area contributed by atoms with Crippen molar-refractivity contribution in [3.8, 4) is 0 Å². The Morgan fingerprint density at radius 3 is 2.57 bits per heavy atom. The summed E-state index contributed by atoms with van der Waals surface area (Å²) in [6.07, 6.45) is 0.536. The number of thioether (sulfide) groups is 1. The highest BCUT2D eigenvalue weighted by Crippen LogP contribution is 2.21. The molecule has 1 saturated heterocycles. The monoisotopic (exact) mass is 399 g/mol. The van der Waals surface area contributed by atoms with Gasteiger partial charge in [-0.25, -0.2) is 0 Å². The van der Waals surface area contributed by atoms with Crippen LogP contribution in [0, 0.1) is 13.8 Å². The van der Waals surface area contributed by atoms with Gasteiger partial charge in [0.15, 0.2) is 0 Å². The first-order chi connectivity index (χ1) is 13.6. The van der Waals surface area contributed by atoms with Crippen molar-refractivity contribution in [3.05, 3.63) is 64.7 Å². The third-order valence-electron chi connectivity index (χ3n) is 5.31. The van der Waals surface area contributed by atoms with Gasteiger partial charge < -0.3 is 15.0 Å². The lowest BCUT2D eigenvalue weighted by Crippen LogP contribution is -3.12. The van der Waals surface area contributed by atoms with Gasteiger partial charge >= 0.3 is 0 Å². The minimum Gasteiger partial charge on any atom is -0.370 e. The summed E-state index contributed by atoms with van der Waals surface area (Å²) in [5, 5.41) is 3.10. The second kappa shape index (κ2) is 10.6. The number of hydrogen-bond donors (Lipinski definition) is 2. The molecule has 1 aliphatic rings. The summed E-state index contributed by atoms with van der Waals surface area (Å²) < 4.78 is 5.45. The Kier molecular flexibility index (Phi) is 7.95. The maximum atomic E-state index is 12.3. The van der Waals surface area contributed by atoms with Crippen LogP contribution in [-0.4, -0.2) is 38.0 Å². The van der Waals surface area contributed by atoms with Crippen LogP contribution in [0.5, 0.6) is 0 Å². The van der Waals surface area contributed by atoms with E-state index in [-0.39, 0.29) is 5.91 Å². The van der Waals surface area contributed by atoms with Gasteiger partial charge in [0.2, 0.25) is 5.91 Å². The predicted molar refractivity (Wildman–Crippen MR) is 115 cm³/mol. The molecule has 1 heterocycles. The zero-order chi connectivity index (χ0) is 19.8. The van der Waals surface area contributed by atoms with E-state index in [0.29, 0.717) is 13.0 Å². The Hall–Kier alpha value is -1.82. The van der Waals surface area contributed by atoms with Crippen LogP contribution in [0.4, 0.5) is 0 Å². The average molecular weight is 400 g/mol. The van der Waals surface area contributed by atoms with Gasteiger partial charge in [-0.15, -0.1) is 11.8 Å². The fourth-order valence-electron chi connectivity index (χ4n) is 3.36. The Bertz CT molecular complexity index is 788. The molecule has 3 rings (SSSR count). The lowest BCUT2D eigenvalue weighted by atomic mass is 10.1. The molecule has 0 unspecified atom stereocenters. The number of ether oxygens (including phenoxy) is 1. The van der Waals surface area contributed by atoms with Crippen LogP contribution in [0.15, 0.2) is 47.4 Å². The number of morpholine rings is 1. The van der Waals surface area contributed by atoms with Crippen LogP contribution in [0.3, 0.4) is 0 Å². The minimum atomic E-state index is 0.116. The first-order valence-corrected chi connectivity index (χ1v) is 11.1. The van der Waals surface area contributed by atoms with Crippen molar-refractivity contribution >= 4 is 17.7 Å². The van der Waals surface area contributed by atoms with E-state index in [1.807, 2.05) is 0 Å². The number of carbonyl (C=O) groups excluding carboxylic acids is 1. The normalized spacial score (nSPS) is 14.8. The van der Waals surface area contributed by atoms with Crippen molar-refractivity contribution < 1.29 is 14.4 Å². The van der Waals surface area contributed by atoms with E-state index < -0.39 is 0 Å². The van der Waals surface area contributed by atoms with Crippen molar-refractivity contribution in [3.63, 3.8) is 0 Å². The number of hydrogen-bond acceptors (Lipinski definition) is 3. The molecule has 2 aromatic rings. The molecule has 0 radical (unpaired) electrons. The van der Waals surface area contributed by atoms with Crippen LogP contribution in [0.1, 0.15) is 28.7 Å². The Morgan fingerprint density at radius 2 is 1.82 bits per heavy atom. The Labute approximate surface area is 172 Å². The van der Waals surface area contributed by atoms with Gasteiger partial charge in [0.1, 0.15) is 19.6 Å². The molecule has 150 valence electrons. The van der Waals surface area contributed by atoms with E-state index in [0.717, 1.165) is 38.6 Å². The van der Waals surface area contributed by atoms with Crippen molar-refractivity contribution in [1.82, 2.24) is 5.32 Å². The van der Waals surface area contributed by atoms with Gasteiger partial charge in [0.05, 0.1) is 13.2 Å². The summed E-state index contributed by atoms with van der Waals surface area (Å²) in [5.41, 5.74) is 5.15. The number of benzene rings is 2. The molecule has 0 saturated carbocycles. The van der Waals surface area contributed by atoms with E-state index in [9.17, 15) is 4.79 Å². The molecule has 0 atom stereocenters. The zero-order valence-electron chi connectivity index (χ0n) is 16.9. The topological polar surface area (TPSA) is 42.8 Å². The van der Waals surface area contributed by atoms with E-state index >= 15 is 0 Å². The van der Waals surface area contributed by atoms with Crippen LogP contribution in [0.25, 0.3) is 0 Å².